The fourth-order valence-electron chi connectivity index (χ4n) is 1.99. The number of hydrogen-bond donors (Lipinski definition) is 0. The fourth-order valence-corrected chi connectivity index (χ4v) is 3.05. The Labute approximate surface area is 145 Å². The van der Waals surface area contributed by atoms with Gasteiger partial charge in [-0.1, -0.05) is 0 Å². The second kappa shape index (κ2) is 10.4. The molecule has 0 radical (unpaired) electrons. The molecule has 1 rings (SSSR count). The molecule has 0 aromatic heterocycles. The van der Waals surface area contributed by atoms with Crippen LogP contribution < -0.4 is 0 Å². The molecule has 1 aliphatic rings. The van der Waals surface area contributed by atoms with Gasteiger partial charge in [0.25, 0.3) is 0 Å². The number of Topliss-reactive ketones (excluding diaryl/α,β-unsaturated/α-hetero) is 1. The van der Waals surface area contributed by atoms with Crippen LogP contribution in [0.2, 0.25) is 0 Å². The molecule has 2 amide bonds. The van der Waals surface area contributed by atoms with Crippen molar-refractivity contribution in [1.29, 1.82) is 0 Å². The van der Waals surface area contributed by atoms with Crippen LogP contribution in [-0.4, -0.2) is 79.6 Å². The highest BCUT2D eigenvalue weighted by molar-refractivity contribution is 8.00. The van der Waals surface area contributed by atoms with Crippen molar-refractivity contribution in [3.05, 3.63) is 0 Å². The van der Waals surface area contributed by atoms with Crippen LogP contribution >= 0.6 is 11.8 Å². The molecule has 0 saturated carbocycles. The SMILES string of the molecule is COCC(=O)OC(C)C(=O)CCOCCSC1CC(=O)N(C)C1=O. The highest BCUT2D eigenvalue weighted by Crippen LogP contribution is 2.23. The molecule has 24 heavy (non-hydrogen) atoms. The second-order valence-corrected chi connectivity index (χ2v) is 6.56. The van der Waals surface area contributed by atoms with E-state index in [1.54, 1.807) is 0 Å². The van der Waals surface area contributed by atoms with Gasteiger partial charge in [0, 0.05) is 32.8 Å². The van der Waals surface area contributed by atoms with Crippen molar-refractivity contribution < 1.29 is 33.4 Å². The number of carbonyl (C=O) groups excluding carboxylic acids is 4. The minimum absolute atomic E-state index is 0.135. The number of hydrogen-bond acceptors (Lipinski definition) is 8. The van der Waals surface area contributed by atoms with Crippen molar-refractivity contribution in [3.8, 4) is 0 Å². The highest BCUT2D eigenvalue weighted by atomic mass is 32.2. The first-order valence-electron chi connectivity index (χ1n) is 7.57. The lowest BCUT2D eigenvalue weighted by Gasteiger charge is -2.12. The number of likely N-dealkylation sites (tertiary alicyclic amines) is 1. The van der Waals surface area contributed by atoms with Gasteiger partial charge in [-0.15, -0.1) is 11.8 Å². The normalized spacial score (nSPS) is 18.8. The van der Waals surface area contributed by atoms with Crippen LogP contribution in [0.25, 0.3) is 0 Å². The quantitative estimate of drug-likeness (QED) is 0.289. The molecule has 1 aliphatic heterocycles. The highest BCUT2D eigenvalue weighted by Gasteiger charge is 2.35. The van der Waals surface area contributed by atoms with Gasteiger partial charge < -0.3 is 14.2 Å². The number of carbonyl (C=O) groups is 4. The number of ketones is 1. The van der Waals surface area contributed by atoms with Crippen LogP contribution in [0.3, 0.4) is 0 Å². The summed E-state index contributed by atoms with van der Waals surface area (Å²) in [4.78, 5) is 47.1. The maximum atomic E-state index is 11.7. The van der Waals surface area contributed by atoms with Crippen molar-refractivity contribution in [1.82, 2.24) is 4.90 Å². The number of rotatable bonds is 11. The van der Waals surface area contributed by atoms with E-state index in [2.05, 4.69) is 4.74 Å². The van der Waals surface area contributed by atoms with E-state index < -0.39 is 12.1 Å². The summed E-state index contributed by atoms with van der Waals surface area (Å²) in [7, 11) is 2.85. The molecule has 0 spiro atoms. The number of thioether (sulfide) groups is 1. The average Bonchev–Trinajstić information content (AvgIpc) is 2.77. The van der Waals surface area contributed by atoms with E-state index in [1.165, 1.54) is 32.8 Å². The van der Waals surface area contributed by atoms with Crippen molar-refractivity contribution in [2.24, 2.45) is 0 Å². The van der Waals surface area contributed by atoms with Gasteiger partial charge in [0.2, 0.25) is 11.8 Å². The second-order valence-electron chi connectivity index (χ2n) is 5.25. The van der Waals surface area contributed by atoms with E-state index in [0.717, 1.165) is 4.90 Å². The van der Waals surface area contributed by atoms with Crippen LogP contribution in [0.4, 0.5) is 0 Å². The van der Waals surface area contributed by atoms with E-state index >= 15 is 0 Å². The lowest BCUT2D eigenvalue weighted by Crippen LogP contribution is -2.27. The van der Waals surface area contributed by atoms with Crippen molar-refractivity contribution in [3.63, 3.8) is 0 Å². The molecule has 0 N–H and O–H groups in total. The van der Waals surface area contributed by atoms with Gasteiger partial charge in [0.05, 0.1) is 18.5 Å². The molecule has 9 heteroatoms. The lowest BCUT2D eigenvalue weighted by molar-refractivity contribution is -0.157. The molecular formula is C15H23NO7S. The standard InChI is InChI=1S/C15H23NO7S/c1-10(23-14(19)9-21-3)11(17)4-5-22-6-7-24-12-8-13(18)16(2)15(12)20/h10,12H,4-9H2,1-3H3. The maximum Gasteiger partial charge on any atom is 0.332 e. The third kappa shape index (κ3) is 6.58. The number of ether oxygens (including phenoxy) is 3. The third-order valence-corrected chi connectivity index (χ3v) is 4.58. The molecule has 2 unspecified atom stereocenters. The molecular weight excluding hydrogens is 338 g/mol. The molecule has 1 heterocycles. The van der Waals surface area contributed by atoms with Gasteiger partial charge in [-0.3, -0.25) is 19.3 Å². The first-order valence-corrected chi connectivity index (χ1v) is 8.62. The molecule has 0 aromatic rings. The molecule has 8 nitrogen and oxygen atoms in total. The predicted octanol–water partition coefficient (Wildman–Crippen LogP) is 0.0308. The Morgan fingerprint density at radius 2 is 2.04 bits per heavy atom. The molecule has 0 aliphatic carbocycles. The zero-order valence-electron chi connectivity index (χ0n) is 14.1. The summed E-state index contributed by atoms with van der Waals surface area (Å²) in [5.74, 6) is -0.598. The number of esters is 1. The Balaban J connectivity index is 2.09. The van der Waals surface area contributed by atoms with E-state index in [4.69, 9.17) is 9.47 Å². The van der Waals surface area contributed by atoms with Gasteiger partial charge >= 0.3 is 5.97 Å². The minimum Gasteiger partial charge on any atom is -0.453 e. The Hall–Kier alpha value is -1.45. The van der Waals surface area contributed by atoms with Crippen molar-refractivity contribution in [2.75, 3.05) is 39.7 Å². The van der Waals surface area contributed by atoms with Crippen LogP contribution in [0.1, 0.15) is 19.8 Å². The zero-order valence-corrected chi connectivity index (χ0v) is 14.9. The Bertz CT molecular complexity index is 482. The lowest BCUT2D eigenvalue weighted by atomic mass is 10.2. The first kappa shape index (κ1) is 20.6. The van der Waals surface area contributed by atoms with E-state index in [1.807, 2.05) is 0 Å². The summed E-state index contributed by atoms with van der Waals surface area (Å²) in [5.41, 5.74) is 0. The van der Waals surface area contributed by atoms with Gasteiger partial charge in [-0.25, -0.2) is 4.79 Å². The predicted molar refractivity (Wildman–Crippen MR) is 86.5 cm³/mol. The molecule has 0 aromatic carbocycles. The average molecular weight is 361 g/mol. The maximum absolute atomic E-state index is 11.7. The number of imide groups is 1. The summed E-state index contributed by atoms with van der Waals surface area (Å²) in [6, 6.07) is 0. The summed E-state index contributed by atoms with van der Waals surface area (Å²) in [6.45, 7) is 1.90. The van der Waals surface area contributed by atoms with Gasteiger partial charge in [-0.05, 0) is 6.92 Å². The summed E-state index contributed by atoms with van der Waals surface area (Å²) in [5, 5.41) is -0.340. The van der Waals surface area contributed by atoms with E-state index in [0.29, 0.717) is 12.4 Å². The summed E-state index contributed by atoms with van der Waals surface area (Å²) < 4.78 is 14.8. The molecule has 1 fully saturated rings. The topological polar surface area (TPSA) is 99.2 Å². The number of amides is 2. The third-order valence-electron chi connectivity index (χ3n) is 3.40. The molecule has 2 atom stereocenters. The van der Waals surface area contributed by atoms with E-state index in [-0.39, 0.29) is 48.9 Å². The zero-order chi connectivity index (χ0) is 18.1. The first-order chi connectivity index (χ1) is 11.4. The van der Waals surface area contributed by atoms with Gasteiger partial charge in [0.1, 0.15) is 6.61 Å². The number of methoxy groups -OCH3 is 1. The fraction of sp³-hybridized carbons (Fsp3) is 0.733. The summed E-state index contributed by atoms with van der Waals surface area (Å²) in [6.07, 6.45) is -0.471. The monoisotopic (exact) mass is 361 g/mol. The molecule has 0 bridgehead atoms. The Morgan fingerprint density at radius 3 is 2.62 bits per heavy atom. The van der Waals surface area contributed by atoms with Crippen molar-refractivity contribution >= 4 is 35.3 Å². The Morgan fingerprint density at radius 1 is 1.33 bits per heavy atom. The van der Waals surface area contributed by atoms with Crippen LogP contribution in [0.15, 0.2) is 0 Å². The minimum atomic E-state index is -0.830. The van der Waals surface area contributed by atoms with Gasteiger partial charge in [-0.2, -0.15) is 0 Å². The van der Waals surface area contributed by atoms with Crippen molar-refractivity contribution in [2.45, 2.75) is 31.1 Å². The largest absolute Gasteiger partial charge is 0.453 e. The number of nitrogens with zero attached hydrogens (tertiary/aromatic N) is 1. The summed E-state index contributed by atoms with van der Waals surface area (Å²) >= 11 is 1.37. The Kier molecular flexibility index (Phi) is 8.94. The smallest absolute Gasteiger partial charge is 0.332 e. The van der Waals surface area contributed by atoms with Gasteiger partial charge in [0.15, 0.2) is 11.9 Å². The van der Waals surface area contributed by atoms with E-state index in [9.17, 15) is 19.2 Å². The molecule has 136 valence electrons. The van der Waals surface area contributed by atoms with Crippen LogP contribution in [0, 0.1) is 0 Å². The van der Waals surface area contributed by atoms with Crippen LogP contribution in [-0.2, 0) is 33.4 Å². The molecule has 1 saturated heterocycles. The van der Waals surface area contributed by atoms with Crippen LogP contribution in [0.5, 0.6) is 0 Å².